The summed E-state index contributed by atoms with van der Waals surface area (Å²) in [5, 5.41) is 27.3. The Morgan fingerprint density at radius 3 is 1.23 bits per heavy atom. The van der Waals surface area contributed by atoms with Crippen LogP contribution in [0.15, 0.2) is 12.2 Å². The molecule has 0 aromatic rings. The first-order valence-corrected chi connectivity index (χ1v) is 11.9. The molecular formula is C24H44NO6+. The average molecular weight is 443 g/mol. The summed E-state index contributed by atoms with van der Waals surface area (Å²) in [6, 6.07) is 0. The molecule has 0 heterocycles. The summed E-state index contributed by atoms with van der Waals surface area (Å²) in [4.78, 5) is 33.4. The standard InChI is InChI=1S/C24H43NO6/c1-2-3-4-5-6-7-8-9-10-11-12-13-14-15-16-17-18-25(19-22(26)27,20-23(28)29)21-24(30)31/h2-3H,4-21H2,1H3,(H2-,26,27,28,29,30,31)/p+1/b3-2+. The molecule has 0 saturated heterocycles. The van der Waals surface area contributed by atoms with Crippen LogP contribution in [0, 0.1) is 0 Å². The lowest BCUT2D eigenvalue weighted by Crippen LogP contribution is -2.57. The lowest BCUT2D eigenvalue weighted by Gasteiger charge is -2.34. The maximum Gasteiger partial charge on any atom is 0.359 e. The summed E-state index contributed by atoms with van der Waals surface area (Å²) in [7, 11) is 0. The molecule has 0 rings (SSSR count). The predicted octanol–water partition coefficient (Wildman–Crippen LogP) is 5.09. The number of quaternary nitrogens is 1. The van der Waals surface area contributed by atoms with Crippen LogP contribution in [-0.2, 0) is 14.4 Å². The van der Waals surface area contributed by atoms with Gasteiger partial charge in [-0.3, -0.25) is 4.48 Å². The maximum atomic E-state index is 11.1. The molecule has 0 aliphatic heterocycles. The van der Waals surface area contributed by atoms with Gasteiger partial charge in [-0.25, -0.2) is 14.4 Å². The third-order valence-electron chi connectivity index (χ3n) is 5.65. The quantitative estimate of drug-likeness (QED) is 0.122. The Morgan fingerprint density at radius 1 is 0.581 bits per heavy atom. The number of nitrogens with zero attached hydrogens (tertiary/aromatic N) is 1. The van der Waals surface area contributed by atoms with Gasteiger partial charge in [0.15, 0.2) is 19.6 Å². The first kappa shape index (κ1) is 29.1. The van der Waals surface area contributed by atoms with Gasteiger partial charge < -0.3 is 15.3 Å². The van der Waals surface area contributed by atoms with E-state index < -0.39 is 42.0 Å². The van der Waals surface area contributed by atoms with E-state index in [4.69, 9.17) is 15.3 Å². The van der Waals surface area contributed by atoms with Crippen molar-refractivity contribution in [2.24, 2.45) is 0 Å². The molecular weight excluding hydrogens is 398 g/mol. The number of unbranched alkanes of at least 4 members (excludes halogenated alkanes) is 13. The molecule has 0 bridgehead atoms. The molecule has 0 atom stereocenters. The summed E-state index contributed by atoms with van der Waals surface area (Å²) >= 11 is 0. The summed E-state index contributed by atoms with van der Waals surface area (Å²) in [5.41, 5.74) is 0. The highest BCUT2D eigenvalue weighted by Gasteiger charge is 2.35. The molecule has 0 aromatic carbocycles. The van der Waals surface area contributed by atoms with Gasteiger partial charge in [0.25, 0.3) is 0 Å². The van der Waals surface area contributed by atoms with Crippen molar-refractivity contribution in [3.05, 3.63) is 12.2 Å². The van der Waals surface area contributed by atoms with Gasteiger partial charge in [-0.15, -0.1) is 0 Å². The highest BCUT2D eigenvalue weighted by atomic mass is 16.4. The smallest absolute Gasteiger partial charge is 0.359 e. The summed E-state index contributed by atoms with van der Waals surface area (Å²) < 4.78 is -0.435. The molecule has 180 valence electrons. The van der Waals surface area contributed by atoms with Gasteiger partial charge in [0.05, 0.1) is 6.54 Å². The fourth-order valence-corrected chi connectivity index (χ4v) is 4.09. The third-order valence-corrected chi connectivity index (χ3v) is 5.65. The molecule has 0 fully saturated rings. The van der Waals surface area contributed by atoms with Gasteiger partial charge in [-0.05, 0) is 32.6 Å². The van der Waals surface area contributed by atoms with Crippen molar-refractivity contribution < 1.29 is 34.2 Å². The van der Waals surface area contributed by atoms with E-state index in [2.05, 4.69) is 19.1 Å². The van der Waals surface area contributed by atoms with Crippen LogP contribution < -0.4 is 0 Å². The predicted molar refractivity (Wildman–Crippen MR) is 122 cm³/mol. The average Bonchev–Trinajstić information content (AvgIpc) is 2.66. The van der Waals surface area contributed by atoms with Gasteiger partial charge in [0.2, 0.25) is 0 Å². The van der Waals surface area contributed by atoms with E-state index in [-0.39, 0.29) is 6.54 Å². The zero-order valence-corrected chi connectivity index (χ0v) is 19.4. The van der Waals surface area contributed by atoms with Crippen LogP contribution >= 0.6 is 0 Å². The summed E-state index contributed by atoms with van der Waals surface area (Å²) in [6.45, 7) is 0.897. The first-order valence-electron chi connectivity index (χ1n) is 11.9. The van der Waals surface area contributed by atoms with Crippen LogP contribution in [0.2, 0.25) is 0 Å². The van der Waals surface area contributed by atoms with Gasteiger partial charge in [-0.1, -0.05) is 76.4 Å². The Hall–Kier alpha value is -1.89. The second kappa shape index (κ2) is 18.8. The Bertz CT molecular complexity index is 491. The minimum Gasteiger partial charge on any atom is -0.477 e. The van der Waals surface area contributed by atoms with Crippen molar-refractivity contribution in [3.8, 4) is 0 Å². The number of aliphatic carboxylic acids is 3. The van der Waals surface area contributed by atoms with Crippen molar-refractivity contribution >= 4 is 17.9 Å². The monoisotopic (exact) mass is 442 g/mol. The zero-order chi connectivity index (χ0) is 23.4. The van der Waals surface area contributed by atoms with Crippen LogP contribution in [0.5, 0.6) is 0 Å². The number of carbonyl (C=O) groups is 3. The SMILES string of the molecule is C/C=C/CCCCCCCCCCCCCCC[N+](CC(=O)O)(CC(=O)O)CC(=O)O. The van der Waals surface area contributed by atoms with Crippen LogP contribution in [0.4, 0.5) is 0 Å². The second-order valence-corrected chi connectivity index (χ2v) is 8.67. The van der Waals surface area contributed by atoms with E-state index in [0.717, 1.165) is 19.3 Å². The highest BCUT2D eigenvalue weighted by Crippen LogP contribution is 2.15. The molecule has 0 amide bonds. The van der Waals surface area contributed by atoms with Crippen molar-refractivity contribution in [3.63, 3.8) is 0 Å². The molecule has 0 spiro atoms. The number of allylic oxidation sites excluding steroid dienone is 2. The zero-order valence-electron chi connectivity index (χ0n) is 19.4. The Morgan fingerprint density at radius 2 is 0.903 bits per heavy atom. The fourth-order valence-electron chi connectivity index (χ4n) is 4.09. The van der Waals surface area contributed by atoms with Crippen molar-refractivity contribution in [2.45, 2.75) is 96.8 Å². The fraction of sp³-hybridized carbons (Fsp3) is 0.792. The van der Waals surface area contributed by atoms with Gasteiger partial charge in [0.1, 0.15) is 0 Å². The molecule has 0 aliphatic carbocycles. The van der Waals surface area contributed by atoms with Gasteiger partial charge in [-0.2, -0.15) is 0 Å². The molecule has 7 heteroatoms. The van der Waals surface area contributed by atoms with E-state index in [1.54, 1.807) is 0 Å². The van der Waals surface area contributed by atoms with Gasteiger partial charge >= 0.3 is 17.9 Å². The van der Waals surface area contributed by atoms with E-state index >= 15 is 0 Å². The van der Waals surface area contributed by atoms with Gasteiger partial charge in [0, 0.05) is 0 Å². The van der Waals surface area contributed by atoms with Crippen LogP contribution in [-0.4, -0.2) is 63.9 Å². The van der Waals surface area contributed by atoms with E-state index in [9.17, 15) is 14.4 Å². The molecule has 0 radical (unpaired) electrons. The molecule has 3 N–H and O–H groups in total. The molecule has 0 unspecified atom stereocenters. The number of hydrogen-bond acceptors (Lipinski definition) is 3. The molecule has 0 aromatic heterocycles. The normalized spacial score (nSPS) is 11.8. The first-order chi connectivity index (χ1) is 14.8. The van der Waals surface area contributed by atoms with E-state index in [0.29, 0.717) is 6.42 Å². The molecule has 0 aliphatic rings. The summed E-state index contributed by atoms with van der Waals surface area (Å²) in [6.07, 6.45) is 20.8. The minimum atomic E-state index is -1.17. The number of rotatable bonds is 22. The number of carboxylic acid groups (broad SMARTS) is 3. The minimum absolute atomic E-state index is 0.264. The molecule has 0 saturated carbocycles. The molecule has 7 nitrogen and oxygen atoms in total. The Labute approximate surface area is 187 Å². The van der Waals surface area contributed by atoms with Crippen LogP contribution in [0.3, 0.4) is 0 Å². The topological polar surface area (TPSA) is 112 Å². The highest BCUT2D eigenvalue weighted by molar-refractivity contribution is 5.73. The number of carboxylic acids is 3. The lowest BCUT2D eigenvalue weighted by atomic mass is 10.0. The van der Waals surface area contributed by atoms with Crippen molar-refractivity contribution in [1.82, 2.24) is 0 Å². The van der Waals surface area contributed by atoms with Crippen molar-refractivity contribution in [1.29, 1.82) is 0 Å². The summed E-state index contributed by atoms with van der Waals surface area (Å²) in [5.74, 6) is -3.51. The van der Waals surface area contributed by atoms with E-state index in [1.807, 2.05) is 0 Å². The van der Waals surface area contributed by atoms with E-state index in [1.165, 1.54) is 64.2 Å². The van der Waals surface area contributed by atoms with Crippen LogP contribution in [0.25, 0.3) is 0 Å². The Balaban J connectivity index is 3.84. The number of hydrogen-bond donors (Lipinski definition) is 3. The Kier molecular flexibility index (Phi) is 17.7. The third kappa shape index (κ3) is 18.6. The molecule has 31 heavy (non-hydrogen) atoms. The largest absolute Gasteiger partial charge is 0.477 e. The van der Waals surface area contributed by atoms with Crippen LogP contribution in [0.1, 0.15) is 96.8 Å². The maximum absolute atomic E-state index is 11.1. The lowest BCUT2D eigenvalue weighted by molar-refractivity contribution is -0.907. The second-order valence-electron chi connectivity index (χ2n) is 8.67. The van der Waals surface area contributed by atoms with Crippen molar-refractivity contribution in [2.75, 3.05) is 26.2 Å².